The summed E-state index contributed by atoms with van der Waals surface area (Å²) in [6.45, 7) is 2.55. The Morgan fingerprint density at radius 1 is 1.14 bits per heavy atom. The van der Waals surface area contributed by atoms with Gasteiger partial charge in [-0.15, -0.1) is 0 Å². The largest absolute Gasteiger partial charge is 0.476 e. The number of carboxylic acid groups (broad SMARTS) is 1. The molecule has 6 rings (SSSR count). The highest BCUT2D eigenvalue weighted by atomic mass is 32.1. The van der Waals surface area contributed by atoms with Crippen LogP contribution in [0.3, 0.4) is 0 Å². The lowest BCUT2D eigenvalue weighted by Gasteiger charge is -2.26. The summed E-state index contributed by atoms with van der Waals surface area (Å²) in [5.74, 6) is -0.377. The number of amides is 1. The third-order valence-electron chi connectivity index (χ3n) is 6.80. The molecule has 3 heterocycles. The van der Waals surface area contributed by atoms with E-state index < -0.39 is 5.97 Å². The molecule has 1 saturated carbocycles. The smallest absolute Gasteiger partial charge is 0.357 e. The number of carboxylic acids is 1. The van der Waals surface area contributed by atoms with Gasteiger partial charge < -0.3 is 21.5 Å². The number of nitrogens with zero attached hydrogens (tertiary/aromatic N) is 4. The molecule has 2 fully saturated rings. The molecule has 186 valence electrons. The lowest BCUT2D eigenvalue weighted by Crippen LogP contribution is -2.42. The number of carbonyl (C=O) groups excluding carboxylic acids is 1. The molecular weight excluding hydrogens is 476 g/mol. The van der Waals surface area contributed by atoms with E-state index in [4.69, 9.17) is 16.6 Å². The van der Waals surface area contributed by atoms with Crippen LogP contribution in [0, 0.1) is 12.8 Å². The predicted molar refractivity (Wildman–Crippen MR) is 140 cm³/mol. The lowest BCUT2D eigenvalue weighted by molar-refractivity contribution is 0.0686. The zero-order valence-electron chi connectivity index (χ0n) is 20.1. The van der Waals surface area contributed by atoms with Crippen LogP contribution in [0.1, 0.15) is 39.4 Å². The number of hydrogen-bond donors (Lipinski definition) is 3. The van der Waals surface area contributed by atoms with Gasteiger partial charge in [0.15, 0.2) is 10.8 Å². The zero-order valence-corrected chi connectivity index (χ0v) is 20.9. The molecule has 4 aromatic rings. The van der Waals surface area contributed by atoms with E-state index in [0.29, 0.717) is 34.7 Å². The van der Waals surface area contributed by atoms with Crippen LogP contribution in [0.2, 0.25) is 0 Å². The number of thiazole rings is 1. The van der Waals surface area contributed by atoms with E-state index in [9.17, 15) is 9.59 Å². The molecule has 1 aliphatic carbocycles. The minimum atomic E-state index is -0.989. The van der Waals surface area contributed by atoms with Crippen LogP contribution in [0.5, 0.6) is 0 Å². The summed E-state index contributed by atoms with van der Waals surface area (Å²) in [4.78, 5) is 31.0. The number of fused-ring (bicyclic) bond motifs is 2. The Bertz CT molecular complexity index is 1460. The second-order valence-electron chi connectivity index (χ2n) is 9.29. The summed E-state index contributed by atoms with van der Waals surface area (Å²) in [6.07, 6.45) is 2.12. The number of benzene rings is 2. The van der Waals surface area contributed by atoms with Crippen LogP contribution in [-0.4, -0.2) is 55.3 Å². The fraction of sp³-hybridized carbons (Fsp3) is 0.308. The molecule has 3 atom stereocenters. The molecule has 9 nitrogen and oxygen atoms in total. The Hall–Kier alpha value is -3.76. The molecule has 0 spiro atoms. The molecule has 2 aromatic heterocycles. The Morgan fingerprint density at radius 2 is 1.92 bits per heavy atom. The SMILES string of the molecule is Cc1cccc(-c2sc(N)nc2C(=O)N2[C@H](CN)C[C@@H]3C[C@@H]32)c1.Cn1nc(C(=O)O)c2ccccc21. The van der Waals surface area contributed by atoms with Gasteiger partial charge in [-0.05, 0) is 37.3 Å². The number of carbonyl (C=O) groups is 2. The number of piperidine rings is 1. The molecule has 5 N–H and O–H groups in total. The highest BCUT2D eigenvalue weighted by molar-refractivity contribution is 7.19. The van der Waals surface area contributed by atoms with Crippen molar-refractivity contribution in [3.63, 3.8) is 0 Å². The first kappa shape index (κ1) is 24.0. The first-order valence-corrected chi connectivity index (χ1v) is 12.6. The molecular formula is C26H28N6O3S. The fourth-order valence-corrected chi connectivity index (χ4v) is 5.86. The van der Waals surface area contributed by atoms with E-state index in [-0.39, 0.29) is 17.6 Å². The number of rotatable bonds is 4. The standard InChI is InChI=1S/C17H20N4OS.C9H8N2O2/c1-9-3-2-4-10(5-9)15-14(20-17(19)23-15)16(22)21-12(8-18)6-11-7-13(11)21;1-11-7-5-3-2-4-6(7)8(10-11)9(12)13/h2-5,11-13H,6-8,18H2,1H3,(H2,19,20);2-5H,1H3,(H,12,13)/t11-,12+,13+;/m1./s1. The first-order valence-electron chi connectivity index (χ1n) is 11.8. The van der Waals surface area contributed by atoms with Gasteiger partial charge in [0.1, 0.15) is 5.69 Å². The maximum absolute atomic E-state index is 13.1. The van der Waals surface area contributed by atoms with Crippen LogP contribution in [0.4, 0.5) is 5.13 Å². The Balaban J connectivity index is 0.000000174. The van der Waals surface area contributed by atoms with Crippen LogP contribution < -0.4 is 11.5 Å². The molecule has 0 radical (unpaired) electrons. The van der Waals surface area contributed by atoms with Crippen LogP contribution in [0.15, 0.2) is 48.5 Å². The van der Waals surface area contributed by atoms with Gasteiger partial charge in [-0.25, -0.2) is 9.78 Å². The Morgan fingerprint density at radius 3 is 2.64 bits per heavy atom. The third kappa shape index (κ3) is 4.33. The molecule has 1 saturated heterocycles. The van der Waals surface area contributed by atoms with Crippen molar-refractivity contribution in [3.8, 4) is 10.4 Å². The number of aryl methyl sites for hydroxylation is 2. The van der Waals surface area contributed by atoms with Crippen molar-refractivity contribution in [3.05, 3.63) is 65.5 Å². The number of nitrogen functional groups attached to an aromatic ring is 1. The predicted octanol–water partition coefficient (Wildman–Crippen LogP) is 3.53. The van der Waals surface area contributed by atoms with Crippen molar-refractivity contribution in [2.24, 2.45) is 18.7 Å². The van der Waals surface area contributed by atoms with Crippen molar-refractivity contribution in [2.45, 2.75) is 31.8 Å². The van der Waals surface area contributed by atoms with Gasteiger partial charge in [0.25, 0.3) is 5.91 Å². The summed E-state index contributed by atoms with van der Waals surface area (Å²) in [5, 5.41) is 13.8. The first-order chi connectivity index (χ1) is 17.3. The summed E-state index contributed by atoms with van der Waals surface area (Å²) < 4.78 is 1.57. The van der Waals surface area contributed by atoms with Gasteiger partial charge in [0, 0.05) is 31.1 Å². The molecule has 1 amide bonds. The highest BCUT2D eigenvalue weighted by Crippen LogP contribution is 2.48. The number of hydrogen-bond acceptors (Lipinski definition) is 7. The van der Waals surface area contributed by atoms with Crippen molar-refractivity contribution in [1.29, 1.82) is 0 Å². The van der Waals surface area contributed by atoms with Gasteiger partial charge in [-0.3, -0.25) is 9.48 Å². The fourth-order valence-electron chi connectivity index (χ4n) is 5.04. The van der Waals surface area contributed by atoms with E-state index in [0.717, 1.165) is 34.4 Å². The van der Waals surface area contributed by atoms with Crippen molar-refractivity contribution in [2.75, 3.05) is 12.3 Å². The molecule has 0 bridgehead atoms. The van der Waals surface area contributed by atoms with Crippen LogP contribution in [-0.2, 0) is 7.05 Å². The number of aromatic nitrogens is 3. The second kappa shape index (κ2) is 9.36. The molecule has 2 aliphatic rings. The minimum absolute atomic E-state index is 0.0186. The van der Waals surface area contributed by atoms with Crippen molar-refractivity contribution < 1.29 is 14.7 Å². The van der Waals surface area contributed by atoms with E-state index in [1.54, 1.807) is 23.9 Å². The maximum atomic E-state index is 13.1. The van der Waals surface area contributed by atoms with E-state index in [1.165, 1.54) is 11.3 Å². The van der Waals surface area contributed by atoms with Gasteiger partial charge in [0.05, 0.1) is 10.4 Å². The second-order valence-corrected chi connectivity index (χ2v) is 10.3. The molecule has 36 heavy (non-hydrogen) atoms. The molecule has 0 unspecified atom stereocenters. The summed E-state index contributed by atoms with van der Waals surface area (Å²) in [6, 6.07) is 15.8. The van der Waals surface area contributed by atoms with Gasteiger partial charge in [-0.1, -0.05) is 59.4 Å². The number of anilines is 1. The van der Waals surface area contributed by atoms with Crippen LogP contribution >= 0.6 is 11.3 Å². The topological polar surface area (TPSA) is 140 Å². The normalized spacial score (nSPS) is 20.1. The quantitative estimate of drug-likeness (QED) is 0.386. The maximum Gasteiger partial charge on any atom is 0.357 e. The number of nitrogens with two attached hydrogens (primary N) is 2. The van der Waals surface area contributed by atoms with Gasteiger partial charge in [0.2, 0.25) is 0 Å². The van der Waals surface area contributed by atoms with E-state index >= 15 is 0 Å². The average molecular weight is 505 g/mol. The average Bonchev–Trinajstić information content (AvgIpc) is 3.19. The summed E-state index contributed by atoms with van der Waals surface area (Å²) in [7, 11) is 1.73. The van der Waals surface area contributed by atoms with E-state index in [1.807, 2.05) is 42.2 Å². The zero-order chi connectivity index (χ0) is 25.6. The molecule has 1 aliphatic heterocycles. The monoisotopic (exact) mass is 504 g/mol. The third-order valence-corrected chi connectivity index (χ3v) is 7.74. The number of para-hydroxylation sites is 1. The summed E-state index contributed by atoms with van der Waals surface area (Å²) in [5.41, 5.74) is 15.3. The van der Waals surface area contributed by atoms with Gasteiger partial charge in [-0.2, -0.15) is 5.10 Å². The molecule has 10 heteroatoms. The Kier molecular flexibility index (Phi) is 6.23. The number of aromatic carboxylic acids is 1. The summed E-state index contributed by atoms with van der Waals surface area (Å²) >= 11 is 1.37. The van der Waals surface area contributed by atoms with Crippen molar-refractivity contribution in [1.82, 2.24) is 19.7 Å². The van der Waals surface area contributed by atoms with Crippen LogP contribution in [0.25, 0.3) is 21.3 Å². The lowest BCUT2D eigenvalue weighted by atomic mass is 10.1. The van der Waals surface area contributed by atoms with E-state index in [2.05, 4.69) is 16.1 Å². The number of likely N-dealkylation sites (tertiary alicyclic amines) is 1. The highest BCUT2D eigenvalue weighted by Gasteiger charge is 2.54. The van der Waals surface area contributed by atoms with Gasteiger partial charge >= 0.3 is 5.97 Å². The minimum Gasteiger partial charge on any atom is -0.476 e. The van der Waals surface area contributed by atoms with Crippen molar-refractivity contribution >= 4 is 39.2 Å². The Labute approximate surface area is 212 Å². The molecule has 2 aromatic carbocycles.